The van der Waals surface area contributed by atoms with E-state index in [4.69, 9.17) is 8.55 Å². The van der Waals surface area contributed by atoms with Gasteiger partial charge in [-0.15, -0.1) is 0 Å². The lowest BCUT2D eigenvalue weighted by molar-refractivity contribution is 0.449. The fraction of sp³-hybridized carbons (Fsp3) is 1.00. The molecule has 2 aliphatic rings. The molecule has 0 saturated carbocycles. The molecule has 29 heavy (non-hydrogen) atoms. The van der Waals surface area contributed by atoms with Gasteiger partial charge in [-0.05, 0) is 51.9 Å². The second-order valence-corrected chi connectivity index (χ2v) is 9.13. The van der Waals surface area contributed by atoms with Gasteiger partial charge in [0.2, 0.25) is 0 Å². The third kappa shape index (κ3) is 8.09. The van der Waals surface area contributed by atoms with Gasteiger partial charge in [0, 0.05) is 37.5 Å². The highest BCUT2D eigenvalue weighted by Crippen LogP contribution is 2.16. The zero-order chi connectivity index (χ0) is 20.9. The lowest BCUT2D eigenvalue weighted by atomic mass is 9.91. The van der Waals surface area contributed by atoms with Crippen LogP contribution in [0.25, 0.3) is 0 Å². The SMILES string of the molecule is CCCCN1CCN(CCCC)B1N=S=NB1N(CCCC)CCN1CCCC. The number of unbranched alkanes of at least 4 members (excludes halogenated alkanes) is 4. The van der Waals surface area contributed by atoms with E-state index in [2.05, 4.69) is 46.9 Å². The highest BCUT2D eigenvalue weighted by atomic mass is 32.1. The van der Waals surface area contributed by atoms with Crippen LogP contribution in [-0.2, 0) is 11.4 Å². The maximum Gasteiger partial charge on any atom is 0.468 e. The van der Waals surface area contributed by atoms with E-state index in [1.54, 1.807) is 0 Å². The van der Waals surface area contributed by atoms with Crippen molar-refractivity contribution in [2.24, 2.45) is 8.55 Å². The van der Waals surface area contributed by atoms with Gasteiger partial charge in [-0.2, -0.15) is 0 Å². The van der Waals surface area contributed by atoms with E-state index in [0.717, 1.165) is 52.4 Å². The zero-order valence-corrected chi connectivity index (χ0v) is 20.4. The predicted octanol–water partition coefficient (Wildman–Crippen LogP) is 3.84. The minimum Gasteiger partial charge on any atom is -0.305 e. The molecule has 2 saturated heterocycles. The van der Waals surface area contributed by atoms with Crippen LogP contribution in [0.2, 0.25) is 0 Å². The second-order valence-electron chi connectivity index (χ2n) is 8.54. The number of hydrogen-bond acceptors (Lipinski definition) is 6. The molecule has 0 aromatic heterocycles. The highest BCUT2D eigenvalue weighted by molar-refractivity contribution is 7.59. The summed E-state index contributed by atoms with van der Waals surface area (Å²) in [6.07, 6.45) is 10.0. The van der Waals surface area contributed by atoms with E-state index in [9.17, 15) is 0 Å². The molecule has 0 N–H and O–H groups in total. The molecule has 2 rings (SSSR count). The first-order chi connectivity index (χ1) is 14.2. The van der Waals surface area contributed by atoms with Crippen LogP contribution in [0.4, 0.5) is 0 Å². The van der Waals surface area contributed by atoms with Crippen molar-refractivity contribution in [2.45, 2.75) is 79.1 Å². The van der Waals surface area contributed by atoms with Gasteiger partial charge in [-0.1, -0.05) is 53.4 Å². The van der Waals surface area contributed by atoms with Crippen molar-refractivity contribution in [1.29, 1.82) is 0 Å². The van der Waals surface area contributed by atoms with Crippen LogP contribution >= 0.6 is 0 Å². The molecule has 0 atom stereocenters. The van der Waals surface area contributed by atoms with Gasteiger partial charge < -0.3 is 19.2 Å². The fourth-order valence-corrected chi connectivity index (χ4v) is 4.93. The Labute approximate surface area is 184 Å². The van der Waals surface area contributed by atoms with Crippen LogP contribution in [0.15, 0.2) is 8.55 Å². The average molecular weight is 422 g/mol. The summed E-state index contributed by atoms with van der Waals surface area (Å²) in [6.45, 7) is 18.3. The van der Waals surface area contributed by atoms with Crippen molar-refractivity contribution in [3.63, 3.8) is 0 Å². The normalized spacial score (nSPS) is 19.4. The van der Waals surface area contributed by atoms with Gasteiger partial charge in [0.25, 0.3) is 0 Å². The second kappa shape index (κ2) is 14.7. The maximum absolute atomic E-state index is 5.03. The minimum absolute atomic E-state index is 0.205. The van der Waals surface area contributed by atoms with Crippen molar-refractivity contribution in [2.75, 3.05) is 52.4 Å². The largest absolute Gasteiger partial charge is 0.468 e. The van der Waals surface area contributed by atoms with Crippen molar-refractivity contribution in [3.8, 4) is 0 Å². The van der Waals surface area contributed by atoms with Crippen molar-refractivity contribution < 1.29 is 0 Å². The van der Waals surface area contributed by atoms with Crippen LogP contribution in [0.3, 0.4) is 0 Å². The molecule has 6 nitrogen and oxygen atoms in total. The molecule has 2 fully saturated rings. The van der Waals surface area contributed by atoms with Crippen LogP contribution in [0.5, 0.6) is 0 Å². The molecule has 0 aromatic rings. The molecule has 0 amide bonds. The first-order valence-electron chi connectivity index (χ1n) is 12.3. The Kier molecular flexibility index (Phi) is 12.7. The summed E-state index contributed by atoms with van der Waals surface area (Å²) in [4.78, 5) is 10.2. The molecule has 9 heteroatoms. The van der Waals surface area contributed by atoms with E-state index >= 15 is 0 Å². The standard InChI is InChI=1S/C20H44B2N6S/c1-5-9-13-25-17-18-26(14-10-6-2)21(25)23-29-24-22-27(15-11-7-3)19-20-28(22)16-12-8-4/h5-20H2,1-4H3. The van der Waals surface area contributed by atoms with Crippen LogP contribution < -0.4 is 0 Å². The van der Waals surface area contributed by atoms with E-state index < -0.39 is 0 Å². The monoisotopic (exact) mass is 422 g/mol. The van der Waals surface area contributed by atoms with Gasteiger partial charge >= 0.3 is 14.2 Å². The number of hydrogen-bond donors (Lipinski definition) is 0. The Bertz CT molecular complexity index is 433. The van der Waals surface area contributed by atoms with Gasteiger partial charge in [0.1, 0.15) is 0 Å². The average Bonchev–Trinajstić information content (AvgIpc) is 3.31. The summed E-state index contributed by atoms with van der Waals surface area (Å²) < 4.78 is 10.1. The molecule has 0 aliphatic carbocycles. The zero-order valence-electron chi connectivity index (χ0n) is 19.6. The molecule has 0 unspecified atom stereocenters. The van der Waals surface area contributed by atoms with Gasteiger partial charge in [-0.3, -0.25) is 0 Å². The maximum atomic E-state index is 5.03. The lowest BCUT2D eigenvalue weighted by Crippen LogP contribution is -2.44. The Morgan fingerprint density at radius 2 is 0.828 bits per heavy atom. The Balaban J connectivity index is 2.08. The quantitative estimate of drug-likeness (QED) is 0.399. The Morgan fingerprint density at radius 1 is 0.552 bits per heavy atom. The number of rotatable bonds is 14. The molecule has 166 valence electrons. The lowest BCUT2D eigenvalue weighted by Gasteiger charge is -2.22. The van der Waals surface area contributed by atoms with Crippen LogP contribution in [0.1, 0.15) is 79.1 Å². The molecule has 2 aliphatic heterocycles. The third-order valence-corrected chi connectivity index (χ3v) is 6.70. The smallest absolute Gasteiger partial charge is 0.305 e. The summed E-state index contributed by atoms with van der Waals surface area (Å²) >= 11 is 1.48. The summed E-state index contributed by atoms with van der Waals surface area (Å²) in [5.41, 5.74) is 0. The predicted molar refractivity (Wildman–Crippen MR) is 130 cm³/mol. The summed E-state index contributed by atoms with van der Waals surface area (Å²) in [6, 6.07) is 0. The van der Waals surface area contributed by atoms with Crippen molar-refractivity contribution in [1.82, 2.24) is 19.2 Å². The van der Waals surface area contributed by atoms with Gasteiger partial charge in [0.05, 0.1) is 0 Å². The molecule has 0 spiro atoms. The third-order valence-electron chi connectivity index (χ3n) is 6.13. The first-order valence-corrected chi connectivity index (χ1v) is 13.0. The van der Waals surface area contributed by atoms with Gasteiger partial charge in [0.15, 0.2) is 0 Å². The minimum atomic E-state index is 0.205. The van der Waals surface area contributed by atoms with Crippen LogP contribution in [-0.4, -0.2) is 85.8 Å². The fourth-order valence-electron chi connectivity index (χ4n) is 4.17. The number of nitrogens with zero attached hydrogens (tertiary/aromatic N) is 6. The van der Waals surface area contributed by atoms with E-state index in [0.29, 0.717) is 0 Å². The molecule has 0 bridgehead atoms. The summed E-state index contributed by atoms with van der Waals surface area (Å²) in [5, 5.41) is 0. The van der Waals surface area contributed by atoms with Crippen molar-refractivity contribution >= 4 is 25.6 Å². The summed E-state index contributed by atoms with van der Waals surface area (Å²) in [5.74, 6) is 0. The molecule has 0 radical (unpaired) electrons. The van der Waals surface area contributed by atoms with Gasteiger partial charge in [-0.25, -0.2) is 8.55 Å². The van der Waals surface area contributed by atoms with E-state index in [1.165, 1.54) is 62.7 Å². The van der Waals surface area contributed by atoms with E-state index in [1.807, 2.05) is 0 Å². The molecular formula is C20H44B2N6S. The first kappa shape index (κ1) is 25.1. The topological polar surface area (TPSA) is 37.7 Å². The molecular weight excluding hydrogens is 378 g/mol. The Morgan fingerprint density at radius 3 is 1.07 bits per heavy atom. The Hall–Kier alpha value is -0.210. The highest BCUT2D eigenvalue weighted by Gasteiger charge is 2.38. The van der Waals surface area contributed by atoms with Crippen molar-refractivity contribution in [3.05, 3.63) is 0 Å². The van der Waals surface area contributed by atoms with Crippen LogP contribution in [0, 0.1) is 0 Å². The molecule has 2 heterocycles. The van der Waals surface area contributed by atoms with E-state index in [-0.39, 0.29) is 14.2 Å². The summed E-state index contributed by atoms with van der Waals surface area (Å²) in [7, 11) is 0.410. The molecule has 0 aromatic carbocycles.